The molecule has 5 nitrogen and oxygen atoms in total. The van der Waals surface area contributed by atoms with E-state index in [0.29, 0.717) is 22.4 Å². The Balaban J connectivity index is 1.80. The normalized spacial score (nSPS) is 18.0. The van der Waals surface area contributed by atoms with E-state index in [1.165, 1.54) is 0 Å². The van der Waals surface area contributed by atoms with Gasteiger partial charge in [-0.1, -0.05) is 25.4 Å². The molecule has 1 aliphatic rings. The van der Waals surface area contributed by atoms with Gasteiger partial charge in [0.2, 0.25) is 5.91 Å². The van der Waals surface area contributed by atoms with E-state index in [1.807, 2.05) is 6.92 Å². The highest BCUT2D eigenvalue weighted by atomic mass is 35.5. The fourth-order valence-electron chi connectivity index (χ4n) is 2.94. The van der Waals surface area contributed by atoms with Gasteiger partial charge in [-0.25, -0.2) is 8.42 Å². The van der Waals surface area contributed by atoms with Crippen LogP contribution in [-0.2, 0) is 14.6 Å². The van der Waals surface area contributed by atoms with Crippen LogP contribution < -0.4 is 5.32 Å². The Morgan fingerprint density at radius 2 is 1.77 bits per heavy atom. The first-order chi connectivity index (χ1) is 12.2. The maximum atomic E-state index is 12.4. The number of likely N-dealkylation sites (tertiary alicyclic amines) is 1. The highest BCUT2D eigenvalue weighted by Crippen LogP contribution is 2.20. The van der Waals surface area contributed by atoms with Crippen LogP contribution in [0.15, 0.2) is 29.2 Å². The second-order valence-corrected chi connectivity index (χ2v) is 9.98. The summed E-state index contributed by atoms with van der Waals surface area (Å²) in [4.78, 5) is 14.7. The average Bonchev–Trinajstić information content (AvgIpc) is 2.60. The molecule has 0 aromatic heterocycles. The van der Waals surface area contributed by atoms with Gasteiger partial charge < -0.3 is 10.2 Å². The zero-order valence-electron chi connectivity index (χ0n) is 15.7. The average molecular weight is 401 g/mol. The molecule has 1 saturated heterocycles. The van der Waals surface area contributed by atoms with E-state index in [9.17, 15) is 13.2 Å². The summed E-state index contributed by atoms with van der Waals surface area (Å²) < 4.78 is 24.8. The molecule has 1 unspecified atom stereocenters. The van der Waals surface area contributed by atoms with Gasteiger partial charge in [0.1, 0.15) is 0 Å². The molecule has 1 fully saturated rings. The van der Waals surface area contributed by atoms with Crippen LogP contribution in [0.1, 0.15) is 33.6 Å². The van der Waals surface area contributed by atoms with E-state index in [4.69, 9.17) is 11.6 Å². The number of piperidine rings is 1. The minimum absolute atomic E-state index is 0.0281. The van der Waals surface area contributed by atoms with Crippen molar-refractivity contribution >= 4 is 27.3 Å². The Hall–Kier alpha value is -1.11. The first kappa shape index (κ1) is 21.2. The van der Waals surface area contributed by atoms with Crippen LogP contribution >= 0.6 is 11.6 Å². The second kappa shape index (κ2) is 9.20. The monoisotopic (exact) mass is 400 g/mol. The number of nitrogens with zero attached hydrogens (tertiary/aromatic N) is 1. The Labute approximate surface area is 162 Å². The van der Waals surface area contributed by atoms with Gasteiger partial charge in [0.25, 0.3) is 0 Å². The van der Waals surface area contributed by atoms with Crippen molar-refractivity contribution in [2.45, 2.75) is 44.6 Å². The number of rotatable bonds is 7. The topological polar surface area (TPSA) is 66.5 Å². The van der Waals surface area contributed by atoms with E-state index in [2.05, 4.69) is 24.1 Å². The summed E-state index contributed by atoms with van der Waals surface area (Å²) in [6, 6.07) is 6.45. The first-order valence-electron chi connectivity index (χ1n) is 9.20. The molecule has 0 spiro atoms. The molecule has 1 atom stereocenters. The lowest BCUT2D eigenvalue weighted by Gasteiger charge is -2.32. The summed E-state index contributed by atoms with van der Waals surface area (Å²) in [5.74, 6) is 0.646. The number of carbonyl (C=O) groups excluding carboxylic acids is 1. The third-order valence-electron chi connectivity index (χ3n) is 5.18. The van der Waals surface area contributed by atoms with Gasteiger partial charge >= 0.3 is 0 Å². The highest BCUT2D eigenvalue weighted by molar-refractivity contribution is 7.91. The van der Waals surface area contributed by atoms with Gasteiger partial charge in [-0.2, -0.15) is 0 Å². The van der Waals surface area contributed by atoms with Crippen molar-refractivity contribution in [3.63, 3.8) is 0 Å². The van der Waals surface area contributed by atoms with Crippen molar-refractivity contribution in [2.24, 2.45) is 11.8 Å². The Morgan fingerprint density at radius 3 is 2.31 bits per heavy atom. The molecule has 0 aliphatic carbocycles. The smallest absolute Gasteiger partial charge is 0.223 e. The Kier molecular flexibility index (Phi) is 7.50. The largest absolute Gasteiger partial charge is 0.353 e. The van der Waals surface area contributed by atoms with E-state index in [-0.39, 0.29) is 23.6 Å². The molecule has 1 N–H and O–H groups in total. The van der Waals surface area contributed by atoms with Gasteiger partial charge in [0.15, 0.2) is 9.84 Å². The maximum Gasteiger partial charge on any atom is 0.223 e. The molecule has 1 aliphatic heterocycles. The number of sulfone groups is 1. The van der Waals surface area contributed by atoms with Gasteiger partial charge in [-0.15, -0.1) is 0 Å². The highest BCUT2D eigenvalue weighted by Gasteiger charge is 2.27. The molecule has 1 amide bonds. The van der Waals surface area contributed by atoms with Gasteiger partial charge in [0, 0.05) is 23.5 Å². The lowest BCUT2D eigenvalue weighted by atomic mass is 9.95. The lowest BCUT2D eigenvalue weighted by Crippen LogP contribution is -2.45. The molecule has 2 rings (SSSR count). The first-order valence-corrected chi connectivity index (χ1v) is 11.2. The van der Waals surface area contributed by atoms with Crippen LogP contribution in [0.2, 0.25) is 5.02 Å². The number of carbonyl (C=O) groups is 1. The standard InChI is InChI=1S/C19H29ClN2O3S/c1-14(2)15(3)21-19(23)16-8-10-22(11-9-16)12-13-26(24,25)18-6-4-17(20)5-7-18/h4-7,14-16H,8-13H2,1-3H3,(H,21,23). The quantitative estimate of drug-likeness (QED) is 0.764. The molecule has 1 aromatic carbocycles. The summed E-state index contributed by atoms with van der Waals surface area (Å²) in [6.07, 6.45) is 1.55. The lowest BCUT2D eigenvalue weighted by molar-refractivity contribution is -0.127. The molecule has 7 heteroatoms. The molecule has 146 valence electrons. The summed E-state index contributed by atoms with van der Waals surface area (Å²) in [5, 5.41) is 3.61. The van der Waals surface area contributed by atoms with E-state index in [1.54, 1.807) is 24.3 Å². The zero-order chi connectivity index (χ0) is 19.3. The minimum Gasteiger partial charge on any atom is -0.353 e. The molecule has 0 radical (unpaired) electrons. The minimum atomic E-state index is -3.31. The molecule has 1 heterocycles. The van der Waals surface area contributed by atoms with Crippen molar-refractivity contribution in [1.82, 2.24) is 10.2 Å². The molecule has 1 aromatic rings. The fraction of sp³-hybridized carbons (Fsp3) is 0.632. The van der Waals surface area contributed by atoms with Crippen molar-refractivity contribution in [3.05, 3.63) is 29.3 Å². The zero-order valence-corrected chi connectivity index (χ0v) is 17.3. The molecular weight excluding hydrogens is 372 g/mol. The van der Waals surface area contributed by atoms with E-state index >= 15 is 0 Å². The second-order valence-electron chi connectivity index (χ2n) is 7.43. The van der Waals surface area contributed by atoms with Gasteiger partial charge in [-0.3, -0.25) is 4.79 Å². The number of halogens is 1. The van der Waals surface area contributed by atoms with Crippen LogP contribution in [-0.4, -0.2) is 50.7 Å². The van der Waals surface area contributed by atoms with Crippen LogP contribution in [0.4, 0.5) is 0 Å². The number of amides is 1. The Morgan fingerprint density at radius 1 is 1.19 bits per heavy atom. The van der Waals surface area contributed by atoms with Gasteiger partial charge in [-0.05, 0) is 63.0 Å². The summed E-state index contributed by atoms with van der Waals surface area (Å²) in [6.45, 7) is 8.21. The Bertz CT molecular complexity index is 696. The number of hydrogen-bond acceptors (Lipinski definition) is 4. The van der Waals surface area contributed by atoms with Crippen molar-refractivity contribution < 1.29 is 13.2 Å². The fourth-order valence-corrected chi connectivity index (χ4v) is 4.35. The van der Waals surface area contributed by atoms with Gasteiger partial charge in [0.05, 0.1) is 10.6 Å². The van der Waals surface area contributed by atoms with Crippen molar-refractivity contribution in [3.8, 4) is 0 Å². The number of hydrogen-bond donors (Lipinski definition) is 1. The number of benzene rings is 1. The van der Waals surface area contributed by atoms with Crippen molar-refractivity contribution in [2.75, 3.05) is 25.4 Å². The predicted molar refractivity (Wildman–Crippen MR) is 105 cm³/mol. The molecule has 26 heavy (non-hydrogen) atoms. The molecular formula is C19H29ClN2O3S. The van der Waals surface area contributed by atoms with E-state index < -0.39 is 9.84 Å². The van der Waals surface area contributed by atoms with Crippen LogP contribution in [0.3, 0.4) is 0 Å². The summed E-state index contributed by atoms with van der Waals surface area (Å²) in [5.41, 5.74) is 0. The maximum absolute atomic E-state index is 12.4. The molecule has 0 saturated carbocycles. The third kappa shape index (κ3) is 5.96. The molecule has 0 bridgehead atoms. The van der Waals surface area contributed by atoms with Crippen LogP contribution in [0, 0.1) is 11.8 Å². The summed E-state index contributed by atoms with van der Waals surface area (Å²) in [7, 11) is -3.31. The van der Waals surface area contributed by atoms with Crippen LogP contribution in [0.5, 0.6) is 0 Å². The summed E-state index contributed by atoms with van der Waals surface area (Å²) >= 11 is 5.81. The van der Waals surface area contributed by atoms with Crippen molar-refractivity contribution in [1.29, 1.82) is 0 Å². The van der Waals surface area contributed by atoms with Crippen LogP contribution in [0.25, 0.3) is 0 Å². The SMILES string of the molecule is CC(C)C(C)NC(=O)C1CCN(CCS(=O)(=O)c2ccc(Cl)cc2)CC1. The number of nitrogens with one attached hydrogen (secondary N) is 1. The van der Waals surface area contributed by atoms with E-state index in [0.717, 1.165) is 25.9 Å². The predicted octanol–water partition coefficient (Wildman–Crippen LogP) is 2.99. The third-order valence-corrected chi connectivity index (χ3v) is 7.14.